The van der Waals surface area contributed by atoms with Crippen molar-refractivity contribution in [3.63, 3.8) is 0 Å². The predicted octanol–water partition coefficient (Wildman–Crippen LogP) is 1.36. The van der Waals surface area contributed by atoms with Gasteiger partial charge in [0.05, 0.1) is 12.4 Å². The van der Waals surface area contributed by atoms with Crippen LogP contribution in [0.1, 0.15) is 36.0 Å². The number of hydrogen-bond donors (Lipinski definition) is 4. The maximum atomic E-state index is 4.74. The zero-order chi connectivity index (χ0) is 17.4. The van der Waals surface area contributed by atoms with E-state index in [0.29, 0.717) is 0 Å². The van der Waals surface area contributed by atoms with E-state index in [4.69, 9.17) is 4.98 Å². The van der Waals surface area contributed by atoms with Gasteiger partial charge in [0.2, 0.25) is 0 Å². The number of nitrogens with one attached hydrogen (secondary N) is 4. The molecule has 8 heteroatoms. The molecule has 2 aliphatic heterocycles. The van der Waals surface area contributed by atoms with Crippen LogP contribution in [0.3, 0.4) is 0 Å². The predicted molar refractivity (Wildman–Crippen MR) is 97.0 cm³/mol. The van der Waals surface area contributed by atoms with Gasteiger partial charge >= 0.3 is 0 Å². The average Bonchev–Trinajstić information content (AvgIpc) is 3.49. The van der Waals surface area contributed by atoms with Gasteiger partial charge in [-0.1, -0.05) is 0 Å². The summed E-state index contributed by atoms with van der Waals surface area (Å²) >= 11 is 0. The first kappa shape index (κ1) is 15.8. The summed E-state index contributed by atoms with van der Waals surface area (Å²) in [7, 11) is 0. The molecular weight excluding hydrogens is 328 g/mol. The zero-order valence-corrected chi connectivity index (χ0v) is 14.7. The molecule has 0 saturated carbocycles. The molecule has 2 saturated heterocycles. The Morgan fingerprint density at radius 1 is 1.12 bits per heavy atom. The minimum Gasteiger partial charge on any atom is -0.365 e. The molecule has 8 nitrogen and oxygen atoms in total. The second-order valence-corrected chi connectivity index (χ2v) is 7.01. The smallest absolute Gasteiger partial charge is 0.142 e. The summed E-state index contributed by atoms with van der Waals surface area (Å²) in [6.45, 7) is 3.83. The van der Waals surface area contributed by atoms with Crippen LogP contribution in [0.5, 0.6) is 0 Å². The van der Waals surface area contributed by atoms with E-state index in [9.17, 15) is 0 Å². The van der Waals surface area contributed by atoms with Gasteiger partial charge in [0.15, 0.2) is 0 Å². The second-order valence-electron chi connectivity index (χ2n) is 7.01. The van der Waals surface area contributed by atoms with Crippen molar-refractivity contribution in [2.45, 2.75) is 24.3 Å². The fraction of sp³-hybridized carbons (Fsp3) is 0.444. The van der Waals surface area contributed by atoms with Gasteiger partial charge in [0.1, 0.15) is 11.4 Å². The molecule has 26 heavy (non-hydrogen) atoms. The third kappa shape index (κ3) is 2.26. The van der Waals surface area contributed by atoms with Crippen LogP contribution in [0.4, 0.5) is 0 Å². The highest BCUT2D eigenvalue weighted by Gasteiger charge is 2.55. The summed E-state index contributed by atoms with van der Waals surface area (Å²) in [6, 6.07) is 6.34. The molecule has 5 heterocycles. The summed E-state index contributed by atoms with van der Waals surface area (Å²) in [5.74, 6) is 1.19. The van der Waals surface area contributed by atoms with Crippen LogP contribution in [0.25, 0.3) is 0 Å². The van der Waals surface area contributed by atoms with E-state index in [2.05, 4.69) is 53.7 Å². The van der Waals surface area contributed by atoms with Crippen molar-refractivity contribution in [2.24, 2.45) is 0 Å². The largest absolute Gasteiger partial charge is 0.365 e. The van der Waals surface area contributed by atoms with Crippen molar-refractivity contribution in [3.8, 4) is 0 Å². The lowest BCUT2D eigenvalue weighted by Gasteiger charge is -2.52. The molecule has 5 rings (SSSR count). The number of nitrogens with zero attached hydrogens (tertiary/aromatic N) is 4. The molecular formula is C18H24N8. The minimum absolute atomic E-state index is 0.235. The summed E-state index contributed by atoms with van der Waals surface area (Å²) in [4.78, 5) is 11.6. The molecule has 2 atom stereocenters. The SMILES string of the molecule is c1c[nH]c(C2CCCN(N3CCNC3)C2(c2ccn[nH]2)c2ncc[nH]2)c1. The zero-order valence-electron chi connectivity index (χ0n) is 14.7. The molecule has 0 spiro atoms. The lowest BCUT2D eigenvalue weighted by Crippen LogP contribution is -2.61. The maximum Gasteiger partial charge on any atom is 0.142 e. The highest BCUT2D eigenvalue weighted by Crippen LogP contribution is 2.50. The molecule has 0 radical (unpaired) electrons. The van der Waals surface area contributed by atoms with Gasteiger partial charge in [-0.15, -0.1) is 0 Å². The van der Waals surface area contributed by atoms with Gasteiger partial charge < -0.3 is 15.3 Å². The highest BCUT2D eigenvalue weighted by molar-refractivity contribution is 5.34. The Hall–Kier alpha value is -2.42. The molecule has 0 amide bonds. The molecule has 3 aromatic rings. The van der Waals surface area contributed by atoms with Gasteiger partial charge in [-0.2, -0.15) is 5.10 Å². The molecule has 2 unspecified atom stereocenters. The Morgan fingerprint density at radius 2 is 2.12 bits per heavy atom. The van der Waals surface area contributed by atoms with Gasteiger partial charge in [0, 0.05) is 56.0 Å². The maximum absolute atomic E-state index is 4.74. The number of rotatable bonds is 4. The highest BCUT2D eigenvalue weighted by atomic mass is 15.7. The van der Waals surface area contributed by atoms with Crippen molar-refractivity contribution in [1.29, 1.82) is 0 Å². The Kier molecular flexibility index (Phi) is 3.88. The van der Waals surface area contributed by atoms with Gasteiger partial charge in [-0.05, 0) is 31.0 Å². The molecule has 0 bridgehead atoms. The van der Waals surface area contributed by atoms with Crippen molar-refractivity contribution < 1.29 is 0 Å². The van der Waals surface area contributed by atoms with E-state index in [0.717, 1.165) is 50.7 Å². The Morgan fingerprint density at radius 3 is 2.81 bits per heavy atom. The van der Waals surface area contributed by atoms with E-state index < -0.39 is 5.54 Å². The first-order chi connectivity index (χ1) is 12.9. The van der Waals surface area contributed by atoms with Gasteiger partial charge in [-0.25, -0.2) is 15.0 Å². The Balaban J connectivity index is 1.74. The number of piperidine rings is 1. The van der Waals surface area contributed by atoms with E-state index in [1.54, 1.807) is 0 Å². The molecule has 2 aliphatic rings. The average molecular weight is 352 g/mol. The first-order valence-electron chi connectivity index (χ1n) is 9.27. The van der Waals surface area contributed by atoms with E-state index in [-0.39, 0.29) is 5.92 Å². The number of imidazole rings is 1. The summed E-state index contributed by atoms with van der Waals surface area (Å²) in [5.41, 5.74) is 1.85. The standard InChI is InChI=1S/C18H24N8/c1-4-15(20-6-1)14-3-2-11-26(25-12-10-19-13-25)18(14,16-5-7-23-24-16)17-21-8-9-22-17/h1,4-9,14,19-20H,2-3,10-13H2,(H,21,22)(H,23,24). The van der Waals surface area contributed by atoms with E-state index in [1.807, 2.05) is 24.8 Å². The number of aromatic nitrogens is 5. The molecule has 0 aromatic carbocycles. The molecule has 136 valence electrons. The minimum atomic E-state index is -0.449. The van der Waals surface area contributed by atoms with E-state index >= 15 is 0 Å². The fourth-order valence-electron chi connectivity index (χ4n) is 4.70. The van der Waals surface area contributed by atoms with Crippen molar-refractivity contribution in [2.75, 3.05) is 26.3 Å². The van der Waals surface area contributed by atoms with Crippen LogP contribution in [-0.2, 0) is 5.54 Å². The lowest BCUT2D eigenvalue weighted by atomic mass is 9.72. The topological polar surface area (TPSA) is 91.7 Å². The summed E-state index contributed by atoms with van der Waals surface area (Å²) < 4.78 is 0. The Bertz CT molecular complexity index is 767. The third-order valence-electron chi connectivity index (χ3n) is 5.72. The van der Waals surface area contributed by atoms with E-state index in [1.165, 1.54) is 5.69 Å². The normalized spacial score (nSPS) is 27.9. The number of aromatic amines is 3. The van der Waals surface area contributed by atoms with Crippen LogP contribution < -0.4 is 5.32 Å². The number of H-pyrrole nitrogens is 3. The van der Waals surface area contributed by atoms with Crippen molar-refractivity contribution in [1.82, 2.24) is 40.5 Å². The van der Waals surface area contributed by atoms with Crippen LogP contribution in [0, 0.1) is 0 Å². The Labute approximate surface area is 152 Å². The quantitative estimate of drug-likeness (QED) is 0.569. The van der Waals surface area contributed by atoms with Crippen LogP contribution in [0.2, 0.25) is 0 Å². The molecule has 4 N–H and O–H groups in total. The fourth-order valence-corrected chi connectivity index (χ4v) is 4.70. The molecule has 3 aromatic heterocycles. The number of hydrogen-bond acceptors (Lipinski definition) is 5. The van der Waals surface area contributed by atoms with Gasteiger partial charge in [-0.3, -0.25) is 5.10 Å². The van der Waals surface area contributed by atoms with Crippen molar-refractivity contribution >= 4 is 0 Å². The molecule has 0 aliphatic carbocycles. The second kappa shape index (κ2) is 6.39. The van der Waals surface area contributed by atoms with Gasteiger partial charge in [0.25, 0.3) is 0 Å². The molecule has 2 fully saturated rings. The monoisotopic (exact) mass is 352 g/mol. The van der Waals surface area contributed by atoms with Crippen LogP contribution in [0.15, 0.2) is 43.0 Å². The number of hydrazine groups is 1. The third-order valence-corrected chi connectivity index (χ3v) is 5.72. The van der Waals surface area contributed by atoms with Crippen LogP contribution in [-0.4, -0.2) is 61.5 Å². The first-order valence-corrected chi connectivity index (χ1v) is 9.27. The van der Waals surface area contributed by atoms with Crippen molar-refractivity contribution in [3.05, 3.63) is 60.2 Å². The summed E-state index contributed by atoms with van der Waals surface area (Å²) in [6.07, 6.45) is 9.81. The summed E-state index contributed by atoms with van der Waals surface area (Å²) in [5, 5.41) is 15.9. The van der Waals surface area contributed by atoms with Crippen LogP contribution >= 0.6 is 0 Å². The lowest BCUT2D eigenvalue weighted by molar-refractivity contribution is -0.120.